The van der Waals surface area contributed by atoms with Gasteiger partial charge in [0.15, 0.2) is 0 Å². The summed E-state index contributed by atoms with van der Waals surface area (Å²) in [5, 5.41) is 0. The van der Waals surface area contributed by atoms with Crippen LogP contribution in [-0.4, -0.2) is 0 Å². The van der Waals surface area contributed by atoms with Crippen molar-refractivity contribution in [2.24, 2.45) is 0 Å². The Hall–Kier alpha value is -1.04. The van der Waals surface area contributed by atoms with E-state index in [1.165, 1.54) is 0 Å². The summed E-state index contributed by atoms with van der Waals surface area (Å²) < 4.78 is 33.3. The van der Waals surface area contributed by atoms with Gasteiger partial charge in [-0.25, -0.2) is 0 Å². The van der Waals surface area contributed by atoms with Crippen LogP contribution in [-0.2, 0) is 0 Å². The van der Waals surface area contributed by atoms with Gasteiger partial charge in [-0.05, 0) is 43.5 Å². The summed E-state index contributed by atoms with van der Waals surface area (Å²) in [6.45, 7) is 2.00. The molecular weight excluding hydrogens is 180 g/mol. The first-order valence-electron chi connectivity index (χ1n) is 7.68. The van der Waals surface area contributed by atoms with Crippen LogP contribution in [0.2, 0.25) is 0 Å². The minimum absolute atomic E-state index is 0.436. The molecule has 0 heteroatoms. The molecule has 2 unspecified atom stereocenters. The highest BCUT2D eigenvalue weighted by molar-refractivity contribution is 5.22. The van der Waals surface area contributed by atoms with Crippen LogP contribution in [0.15, 0.2) is 42.0 Å². The van der Waals surface area contributed by atoms with Crippen molar-refractivity contribution in [1.82, 2.24) is 0 Å². The van der Waals surface area contributed by atoms with Crippen molar-refractivity contribution in [3.05, 3.63) is 47.5 Å². The van der Waals surface area contributed by atoms with Crippen molar-refractivity contribution < 1.29 is 5.48 Å². The van der Waals surface area contributed by atoms with Crippen molar-refractivity contribution in [3.63, 3.8) is 0 Å². The molecule has 1 saturated carbocycles. The summed E-state index contributed by atoms with van der Waals surface area (Å²) in [4.78, 5) is 0. The number of allylic oxidation sites excluding steroid dienone is 2. The van der Waals surface area contributed by atoms with E-state index in [0.29, 0.717) is 18.4 Å². The summed E-state index contributed by atoms with van der Waals surface area (Å²) in [6, 6.07) is 9.13. The maximum absolute atomic E-state index is 8.59. The smallest absolute Gasteiger partial charge is 0.0352 e. The van der Waals surface area contributed by atoms with E-state index in [9.17, 15) is 0 Å². The molecule has 1 fully saturated rings. The fourth-order valence-corrected chi connectivity index (χ4v) is 1.88. The molecule has 0 bridgehead atoms. The lowest BCUT2D eigenvalue weighted by molar-refractivity contribution is 0.515. The predicted molar refractivity (Wildman–Crippen MR) is 66.0 cm³/mol. The lowest BCUT2D eigenvalue weighted by Gasteiger charge is -2.24. The molecule has 15 heavy (non-hydrogen) atoms. The fraction of sp³-hybridized carbons (Fsp3) is 0.467. The van der Waals surface area contributed by atoms with E-state index < -0.39 is 18.7 Å². The molecule has 1 aliphatic rings. The van der Waals surface area contributed by atoms with Crippen molar-refractivity contribution >= 4 is 0 Å². The van der Waals surface area contributed by atoms with E-state index in [1.807, 2.05) is 31.2 Å². The summed E-state index contributed by atoms with van der Waals surface area (Å²) in [6.07, 6.45) is 1.02. The summed E-state index contributed by atoms with van der Waals surface area (Å²) in [5.41, 5.74) is 1.51. The lowest BCUT2D eigenvalue weighted by atomic mass is 9.81. The quantitative estimate of drug-likeness (QED) is 0.613. The minimum Gasteiger partial charge on any atom is -0.0856 e. The third kappa shape index (κ3) is 2.71. The first-order valence-corrected chi connectivity index (χ1v) is 5.60. The monoisotopic (exact) mass is 204 g/mol. The Kier molecular flexibility index (Phi) is 2.24. The Balaban J connectivity index is 2.42. The van der Waals surface area contributed by atoms with Crippen LogP contribution < -0.4 is 0 Å². The van der Waals surface area contributed by atoms with Crippen molar-refractivity contribution in [1.29, 1.82) is 0 Å². The van der Waals surface area contributed by atoms with Gasteiger partial charge in [0.05, 0.1) is 0 Å². The third-order valence-electron chi connectivity index (χ3n) is 2.68. The molecule has 0 spiro atoms. The zero-order chi connectivity index (χ0) is 14.1. The molecule has 0 N–H and O–H groups in total. The van der Waals surface area contributed by atoms with Gasteiger partial charge in [-0.3, -0.25) is 0 Å². The SMILES string of the molecule is [2H]C1C(=CCC)CCC([2H])(c2ccccc2)C1([2H])[2H]. The lowest BCUT2D eigenvalue weighted by Crippen LogP contribution is -2.06. The maximum atomic E-state index is 8.59. The van der Waals surface area contributed by atoms with Crippen LogP contribution in [0, 0.1) is 0 Å². The molecule has 2 rings (SSSR count). The van der Waals surface area contributed by atoms with Gasteiger partial charge in [0.25, 0.3) is 0 Å². The molecule has 0 nitrogen and oxygen atoms in total. The van der Waals surface area contributed by atoms with Crippen molar-refractivity contribution in [2.45, 2.75) is 44.8 Å². The second-order valence-electron chi connectivity index (χ2n) is 3.82. The van der Waals surface area contributed by atoms with E-state index in [0.717, 1.165) is 12.0 Å². The Bertz CT molecular complexity index is 466. The van der Waals surface area contributed by atoms with Gasteiger partial charge < -0.3 is 0 Å². The largest absolute Gasteiger partial charge is 0.0856 e. The average molecular weight is 204 g/mol. The Morgan fingerprint density at radius 3 is 3.00 bits per heavy atom. The highest BCUT2D eigenvalue weighted by Crippen LogP contribution is 2.35. The van der Waals surface area contributed by atoms with E-state index in [1.54, 1.807) is 12.1 Å². The van der Waals surface area contributed by atoms with Crippen LogP contribution >= 0.6 is 0 Å². The zero-order valence-corrected chi connectivity index (χ0v) is 9.16. The topological polar surface area (TPSA) is 0 Å². The van der Waals surface area contributed by atoms with Gasteiger partial charge >= 0.3 is 0 Å². The normalized spacial score (nSPS) is 41.4. The number of hydrogen-bond donors (Lipinski definition) is 0. The van der Waals surface area contributed by atoms with Crippen LogP contribution in [0.5, 0.6) is 0 Å². The van der Waals surface area contributed by atoms with Crippen molar-refractivity contribution in [2.75, 3.05) is 0 Å². The van der Waals surface area contributed by atoms with Crippen LogP contribution in [0.4, 0.5) is 0 Å². The maximum Gasteiger partial charge on any atom is 0.0352 e. The molecule has 0 amide bonds. The fourth-order valence-electron chi connectivity index (χ4n) is 1.88. The van der Waals surface area contributed by atoms with Gasteiger partial charge in [0.1, 0.15) is 0 Å². The Morgan fingerprint density at radius 1 is 1.47 bits per heavy atom. The van der Waals surface area contributed by atoms with Gasteiger partial charge in [0, 0.05) is 5.48 Å². The van der Waals surface area contributed by atoms with Gasteiger partial charge in [-0.2, -0.15) is 0 Å². The molecule has 0 saturated heterocycles. The van der Waals surface area contributed by atoms with Crippen LogP contribution in [0.3, 0.4) is 0 Å². The molecule has 0 aromatic heterocycles. The standard InChI is InChI=1S/C15H20/c1-2-6-13-9-11-15(12-10-13)14-7-4-3-5-8-14/h3-8,15H,2,9-12H2,1H3/i9D,11D2,15D. The van der Waals surface area contributed by atoms with E-state index in [-0.39, 0.29) is 0 Å². The van der Waals surface area contributed by atoms with E-state index in [4.69, 9.17) is 5.48 Å². The Labute approximate surface area is 98.6 Å². The summed E-state index contributed by atoms with van der Waals surface area (Å²) >= 11 is 0. The third-order valence-corrected chi connectivity index (χ3v) is 2.68. The van der Waals surface area contributed by atoms with Gasteiger partial charge in [-0.1, -0.05) is 48.9 Å². The molecular formula is C15H20. The highest BCUT2D eigenvalue weighted by Gasteiger charge is 2.17. The second kappa shape index (κ2) is 5.16. The van der Waals surface area contributed by atoms with E-state index in [2.05, 4.69) is 0 Å². The molecule has 1 aromatic carbocycles. The molecule has 2 atom stereocenters. The van der Waals surface area contributed by atoms with Crippen molar-refractivity contribution in [3.8, 4) is 0 Å². The number of benzene rings is 1. The minimum atomic E-state index is -1.87. The summed E-state index contributed by atoms with van der Waals surface area (Å²) in [7, 11) is 0. The van der Waals surface area contributed by atoms with E-state index >= 15 is 0 Å². The summed E-state index contributed by atoms with van der Waals surface area (Å²) in [5.74, 6) is -1.33. The predicted octanol–water partition coefficient (Wildman–Crippen LogP) is 4.68. The highest BCUT2D eigenvalue weighted by atomic mass is 14.2. The average Bonchev–Trinajstić information content (AvgIpc) is 2.41. The van der Waals surface area contributed by atoms with Crippen LogP contribution in [0.25, 0.3) is 0 Å². The second-order valence-corrected chi connectivity index (χ2v) is 3.82. The molecule has 0 aliphatic heterocycles. The van der Waals surface area contributed by atoms with Gasteiger partial charge in [0.2, 0.25) is 0 Å². The molecule has 80 valence electrons. The molecule has 1 aliphatic carbocycles. The zero-order valence-electron chi connectivity index (χ0n) is 13.2. The first-order chi connectivity index (χ1) is 8.93. The first kappa shape index (κ1) is 6.52. The molecule has 1 aromatic rings. The number of rotatable bonds is 2. The Morgan fingerprint density at radius 2 is 2.27 bits per heavy atom. The van der Waals surface area contributed by atoms with Gasteiger partial charge in [-0.15, -0.1) is 0 Å². The molecule has 0 heterocycles. The van der Waals surface area contributed by atoms with Crippen LogP contribution in [0.1, 0.15) is 55.9 Å². The number of hydrogen-bond acceptors (Lipinski definition) is 0. The molecule has 0 radical (unpaired) electrons.